The molecule has 0 saturated heterocycles. The fourth-order valence-electron chi connectivity index (χ4n) is 8.85. The summed E-state index contributed by atoms with van der Waals surface area (Å²) in [6, 6.07) is 44.5. The van der Waals surface area contributed by atoms with Crippen LogP contribution in [-0.4, -0.2) is 111 Å². The molecule has 6 aromatic heterocycles. The molecular formula is C67H83BN6NaO7S3. The van der Waals surface area contributed by atoms with Crippen LogP contribution in [0.1, 0.15) is 123 Å². The molecule has 3 aromatic carbocycles. The Hall–Kier alpha value is -6.25. The normalized spacial score (nSPS) is 11.1. The largest absolute Gasteiger partial charge is 1.00 e. The molecule has 445 valence electrons. The van der Waals surface area contributed by atoms with Crippen molar-refractivity contribution in [1.29, 1.82) is 0 Å². The van der Waals surface area contributed by atoms with Crippen LogP contribution in [-0.2, 0) is 52.9 Å². The Kier molecular flexibility index (Phi) is 34.5. The Labute approximate surface area is 540 Å². The molecule has 0 saturated carbocycles. The first-order valence-electron chi connectivity index (χ1n) is 28.1. The van der Waals surface area contributed by atoms with E-state index in [-0.39, 0.29) is 31.0 Å². The van der Waals surface area contributed by atoms with Gasteiger partial charge in [-0.25, -0.2) is 19.4 Å². The summed E-state index contributed by atoms with van der Waals surface area (Å²) in [4.78, 5) is 68.6. The molecule has 6 heterocycles. The Bertz CT molecular complexity index is 3410. The first-order chi connectivity index (χ1) is 40.5. The van der Waals surface area contributed by atoms with E-state index in [2.05, 4.69) is 198 Å². The van der Waals surface area contributed by atoms with E-state index in [9.17, 15) is 19.2 Å². The summed E-state index contributed by atoms with van der Waals surface area (Å²) in [5.41, 5.74) is 8.46. The first-order valence-corrected chi connectivity index (χ1v) is 30.5. The molecule has 0 aliphatic rings. The zero-order valence-electron chi connectivity index (χ0n) is 51.6. The summed E-state index contributed by atoms with van der Waals surface area (Å²) in [6.45, 7) is 20.8. The van der Waals surface area contributed by atoms with E-state index in [4.69, 9.17) is 0 Å². The van der Waals surface area contributed by atoms with Crippen LogP contribution < -0.4 is 34.9 Å². The van der Waals surface area contributed by atoms with E-state index in [1.54, 1.807) is 0 Å². The predicted octanol–water partition coefficient (Wildman–Crippen LogP) is 11.5. The molecular weight excluding hydrogens is 1130 g/mol. The SMILES string of the molecule is C=C(c1ccccn1)c1c(CCN(C)C)sc2ccccc12.CC(=O)OOC(C)=O.CCC=O.CCCN(C)CCc1sc2ccccc2c1C(C)c1ccccn1.CNCCc1sc2ccccc2c1C(C)c1ccccn1.[B-]OC(C)=O.[HH].[Na+]. The number of thiophene rings is 3. The van der Waals surface area contributed by atoms with Crippen molar-refractivity contribution in [2.24, 2.45) is 0 Å². The summed E-state index contributed by atoms with van der Waals surface area (Å²) in [7, 11) is 12.8. The van der Waals surface area contributed by atoms with Crippen molar-refractivity contribution >= 4 is 102 Å². The van der Waals surface area contributed by atoms with Crippen molar-refractivity contribution in [2.75, 3.05) is 54.4 Å². The van der Waals surface area contributed by atoms with Crippen LogP contribution in [0.25, 0.3) is 35.8 Å². The quantitative estimate of drug-likeness (QED) is 0.0376. The molecule has 0 aliphatic carbocycles. The maximum Gasteiger partial charge on any atom is 1.00 e. The Balaban J connectivity index is 0.000000384. The van der Waals surface area contributed by atoms with Crippen molar-refractivity contribution in [2.45, 2.75) is 92.4 Å². The zero-order chi connectivity index (χ0) is 61.4. The van der Waals surface area contributed by atoms with Gasteiger partial charge in [-0.2, -0.15) is 0 Å². The fourth-order valence-corrected chi connectivity index (χ4v) is 12.7. The van der Waals surface area contributed by atoms with Crippen molar-refractivity contribution in [3.05, 3.63) is 201 Å². The number of likely N-dealkylation sites (N-methyl/N-ethyl adjacent to an activating group) is 3. The number of benzene rings is 3. The van der Waals surface area contributed by atoms with Crippen LogP contribution >= 0.6 is 34.0 Å². The third-order valence-corrected chi connectivity index (χ3v) is 16.5. The Morgan fingerprint density at radius 1 is 0.612 bits per heavy atom. The number of hydrogen-bond acceptors (Lipinski definition) is 16. The van der Waals surface area contributed by atoms with Gasteiger partial charge in [0.25, 0.3) is 0 Å². The number of aldehydes is 1. The van der Waals surface area contributed by atoms with E-state index in [1.807, 2.05) is 96.9 Å². The van der Waals surface area contributed by atoms with Gasteiger partial charge >= 0.3 is 41.5 Å². The number of nitrogens with one attached hydrogen (secondary N) is 1. The third-order valence-electron chi connectivity index (χ3n) is 12.8. The average Bonchev–Trinajstić information content (AvgIpc) is 2.05. The van der Waals surface area contributed by atoms with Crippen LogP contribution in [0.3, 0.4) is 0 Å². The van der Waals surface area contributed by atoms with Crippen LogP contribution in [0.15, 0.2) is 153 Å². The fraction of sp³-hybridized carbons (Fsp3) is 0.328. The number of rotatable bonds is 18. The Morgan fingerprint density at radius 2 is 1.02 bits per heavy atom. The molecule has 3 radical (unpaired) electrons. The molecule has 0 fully saturated rings. The number of fused-ring (bicyclic) bond motifs is 3. The second-order valence-electron chi connectivity index (χ2n) is 19.7. The summed E-state index contributed by atoms with van der Waals surface area (Å²) in [5, 5.41) is 7.32. The van der Waals surface area contributed by atoms with Crippen molar-refractivity contribution in [3.8, 4) is 0 Å². The number of hydrogen-bond donors (Lipinski definition) is 1. The molecule has 0 aliphatic heterocycles. The second-order valence-corrected chi connectivity index (χ2v) is 23.1. The van der Waals surface area contributed by atoms with Gasteiger partial charge in [0.05, 0.1) is 5.69 Å². The van der Waals surface area contributed by atoms with Gasteiger partial charge in [0, 0.05) is 129 Å². The van der Waals surface area contributed by atoms with Gasteiger partial charge in [-0.05, 0) is 143 Å². The van der Waals surface area contributed by atoms with Gasteiger partial charge < -0.3 is 32.6 Å². The number of aromatic nitrogens is 3. The second kappa shape index (κ2) is 40.2. The van der Waals surface area contributed by atoms with Gasteiger partial charge in [-0.3, -0.25) is 19.7 Å². The van der Waals surface area contributed by atoms with Gasteiger partial charge in [0.2, 0.25) is 5.97 Å². The summed E-state index contributed by atoms with van der Waals surface area (Å²) < 4.78 is 7.70. The molecule has 0 amide bonds. The van der Waals surface area contributed by atoms with Crippen molar-refractivity contribution in [1.82, 2.24) is 30.1 Å². The van der Waals surface area contributed by atoms with Crippen LogP contribution in [0, 0.1) is 0 Å². The van der Waals surface area contributed by atoms with Gasteiger partial charge in [0.1, 0.15) is 6.29 Å². The number of nitrogens with zero attached hydrogens (tertiary/aromatic N) is 5. The molecule has 2 atom stereocenters. The van der Waals surface area contributed by atoms with Gasteiger partial charge in [-0.1, -0.05) is 107 Å². The van der Waals surface area contributed by atoms with Crippen LogP contribution in [0.4, 0.5) is 0 Å². The topological polar surface area (TPSA) is 153 Å². The summed E-state index contributed by atoms with van der Waals surface area (Å²) in [6.07, 6.45) is 11.6. The molecule has 2 unspecified atom stereocenters. The van der Waals surface area contributed by atoms with E-state index in [0.717, 1.165) is 88.2 Å². The van der Waals surface area contributed by atoms with Crippen molar-refractivity contribution < 1.29 is 64.6 Å². The molecule has 0 bridgehead atoms. The third kappa shape index (κ3) is 24.2. The summed E-state index contributed by atoms with van der Waals surface area (Å²) >= 11 is 5.75. The molecule has 13 nitrogen and oxygen atoms in total. The standard InChI is InChI=1S/C21H26N2S.C19H20N2S.C18H20N2S.C4H6O4.C3H6O.C2H3BO2.Na.H2/c1-4-14-23(3)15-12-20-21(16(2)18-10-7-8-13-22-18)17-9-5-6-11-19(17)24-20;1-14(16-9-6-7-12-20-16)19-15-8-4-5-10-17(15)22-18(19)11-13-21(2)3;1-13(15-8-5-6-11-20-15)18-14-7-3-4-9-16(14)21-17(18)10-12-19-2;1-3(5)7-8-4(2)6;1-2-3-4;1-2(4)5-3;;/h5-11,13,16H,4,12,14-15H2,1-3H3;4-10,12H,1,11,13H2,2-3H3;3-9,11,13,19H,10,12H2,1-2H3;1-2H3;3H,2H2,1H3;1H3;;1H/q;;;;;-1;+1;. The smallest absolute Gasteiger partial charge is 0.793 e. The van der Waals surface area contributed by atoms with Crippen LogP contribution in [0.5, 0.6) is 0 Å². The summed E-state index contributed by atoms with van der Waals surface area (Å²) in [5.74, 6) is -1.09. The van der Waals surface area contributed by atoms with E-state index in [1.165, 1.54) is 74.9 Å². The van der Waals surface area contributed by atoms with E-state index >= 15 is 0 Å². The molecule has 9 aromatic rings. The van der Waals surface area contributed by atoms with Crippen molar-refractivity contribution in [3.63, 3.8) is 0 Å². The molecule has 18 heteroatoms. The van der Waals surface area contributed by atoms with E-state index < -0.39 is 17.9 Å². The monoisotopic (exact) mass is 1210 g/mol. The maximum absolute atomic E-state index is 9.85. The van der Waals surface area contributed by atoms with Gasteiger partial charge in [-0.15, -0.1) is 34.0 Å². The minimum Gasteiger partial charge on any atom is -0.793 e. The average molecular weight is 1210 g/mol. The first kappa shape index (κ1) is 73.0. The zero-order valence-corrected chi connectivity index (χ0v) is 56.0. The minimum atomic E-state index is -0.639. The molecule has 9 rings (SSSR count). The Morgan fingerprint density at radius 3 is 1.42 bits per heavy atom. The van der Waals surface area contributed by atoms with E-state index in [0.29, 0.717) is 18.3 Å². The predicted molar refractivity (Wildman–Crippen MR) is 352 cm³/mol. The van der Waals surface area contributed by atoms with Gasteiger partial charge in [0.15, 0.2) is 0 Å². The molecule has 85 heavy (non-hydrogen) atoms. The number of carbonyl (C=O) groups is 4. The molecule has 0 spiro atoms. The van der Waals surface area contributed by atoms with Crippen LogP contribution in [0.2, 0.25) is 0 Å². The molecule has 1 N–H and O–H groups in total. The maximum atomic E-state index is 9.85. The number of carbonyl (C=O) groups excluding carboxylic acids is 4. The minimum absolute atomic E-state index is 0. The number of pyridine rings is 3.